The highest BCUT2D eigenvalue weighted by molar-refractivity contribution is 5.98. The maximum atomic E-state index is 12.7. The van der Waals surface area contributed by atoms with Crippen LogP contribution in [0.2, 0.25) is 0 Å². The molecule has 0 fully saturated rings. The molecule has 0 radical (unpaired) electrons. The van der Waals surface area contributed by atoms with E-state index in [0.29, 0.717) is 23.5 Å². The number of amides is 1. The standard InChI is InChI=1S/C24H27N3O4/c1-5-31-24(29)23-16(2)19-8-6-7-9-20(19)26-21(23)14-27(3)15-22(28)25-17-10-12-18(30-4)13-11-17/h6-13H,5,14-15H2,1-4H3,(H,25,28). The number of hydrogen-bond donors (Lipinski definition) is 1. The number of likely N-dealkylation sites (N-methyl/N-ethyl adjacent to an activating group) is 1. The molecule has 0 atom stereocenters. The molecule has 162 valence electrons. The van der Waals surface area contributed by atoms with Gasteiger partial charge in [0.15, 0.2) is 0 Å². The van der Waals surface area contributed by atoms with Gasteiger partial charge < -0.3 is 14.8 Å². The maximum absolute atomic E-state index is 12.7. The number of nitrogens with zero attached hydrogens (tertiary/aromatic N) is 2. The first kappa shape index (κ1) is 22.2. The lowest BCUT2D eigenvalue weighted by Crippen LogP contribution is -2.31. The zero-order chi connectivity index (χ0) is 22.4. The van der Waals surface area contributed by atoms with E-state index in [1.54, 1.807) is 38.3 Å². The average Bonchev–Trinajstić information content (AvgIpc) is 2.74. The van der Waals surface area contributed by atoms with Crippen molar-refractivity contribution in [1.29, 1.82) is 0 Å². The number of hydrogen-bond acceptors (Lipinski definition) is 6. The van der Waals surface area contributed by atoms with E-state index in [2.05, 4.69) is 5.32 Å². The summed E-state index contributed by atoms with van der Waals surface area (Å²) in [4.78, 5) is 31.6. The van der Waals surface area contributed by atoms with E-state index in [1.165, 1.54) is 0 Å². The second-order valence-corrected chi connectivity index (χ2v) is 7.25. The van der Waals surface area contributed by atoms with Crippen LogP contribution in [-0.2, 0) is 16.1 Å². The number of anilines is 1. The van der Waals surface area contributed by atoms with Crippen LogP contribution in [0.3, 0.4) is 0 Å². The Bertz CT molecular complexity index is 1080. The Morgan fingerprint density at radius 1 is 1.10 bits per heavy atom. The minimum absolute atomic E-state index is 0.141. The van der Waals surface area contributed by atoms with Gasteiger partial charge >= 0.3 is 5.97 Å². The fraction of sp³-hybridized carbons (Fsp3) is 0.292. The number of nitrogens with one attached hydrogen (secondary N) is 1. The number of ether oxygens (including phenoxy) is 2. The van der Waals surface area contributed by atoms with E-state index in [0.717, 1.165) is 22.2 Å². The quantitative estimate of drug-likeness (QED) is 0.557. The molecule has 2 aromatic carbocycles. The average molecular weight is 421 g/mol. The van der Waals surface area contributed by atoms with Crippen LogP contribution < -0.4 is 10.1 Å². The van der Waals surface area contributed by atoms with Crippen molar-refractivity contribution in [1.82, 2.24) is 9.88 Å². The van der Waals surface area contributed by atoms with Crippen molar-refractivity contribution in [3.05, 3.63) is 65.4 Å². The predicted octanol–water partition coefficient (Wildman–Crippen LogP) is 3.80. The topological polar surface area (TPSA) is 80.8 Å². The Morgan fingerprint density at radius 3 is 2.48 bits per heavy atom. The van der Waals surface area contributed by atoms with Crippen LogP contribution in [0.25, 0.3) is 10.9 Å². The lowest BCUT2D eigenvalue weighted by molar-refractivity contribution is -0.117. The highest BCUT2D eigenvalue weighted by atomic mass is 16.5. The van der Waals surface area contributed by atoms with Gasteiger partial charge in [-0.15, -0.1) is 0 Å². The Balaban J connectivity index is 1.78. The molecule has 1 N–H and O–H groups in total. The van der Waals surface area contributed by atoms with E-state index in [4.69, 9.17) is 14.5 Å². The monoisotopic (exact) mass is 421 g/mol. The van der Waals surface area contributed by atoms with Crippen molar-refractivity contribution in [2.45, 2.75) is 20.4 Å². The summed E-state index contributed by atoms with van der Waals surface area (Å²) in [5.41, 5.74) is 3.37. The number of esters is 1. The van der Waals surface area contributed by atoms with Crippen LogP contribution in [0.15, 0.2) is 48.5 Å². The fourth-order valence-corrected chi connectivity index (χ4v) is 3.46. The molecule has 0 saturated carbocycles. The number of para-hydroxylation sites is 1. The van der Waals surface area contributed by atoms with Crippen LogP contribution in [-0.4, -0.2) is 49.1 Å². The van der Waals surface area contributed by atoms with Crippen LogP contribution in [0.1, 0.15) is 28.5 Å². The Labute approximate surface area is 182 Å². The van der Waals surface area contributed by atoms with Crippen LogP contribution in [0.5, 0.6) is 5.75 Å². The molecule has 1 amide bonds. The number of pyridine rings is 1. The number of aryl methyl sites for hydroxylation is 1. The summed E-state index contributed by atoms with van der Waals surface area (Å²) in [5.74, 6) is 0.159. The van der Waals surface area contributed by atoms with Crippen LogP contribution >= 0.6 is 0 Å². The van der Waals surface area contributed by atoms with E-state index >= 15 is 0 Å². The van der Waals surface area contributed by atoms with Crippen molar-refractivity contribution in [3.8, 4) is 5.75 Å². The summed E-state index contributed by atoms with van der Waals surface area (Å²) < 4.78 is 10.4. The molecule has 3 rings (SSSR count). The van der Waals surface area contributed by atoms with Gasteiger partial charge in [-0.05, 0) is 56.8 Å². The number of carbonyl (C=O) groups excluding carboxylic acids is 2. The molecule has 0 spiro atoms. The molecule has 0 aliphatic carbocycles. The lowest BCUT2D eigenvalue weighted by Gasteiger charge is -2.19. The van der Waals surface area contributed by atoms with Crippen LogP contribution in [0, 0.1) is 6.92 Å². The number of carbonyl (C=O) groups is 2. The van der Waals surface area contributed by atoms with Gasteiger partial charge in [0.1, 0.15) is 5.75 Å². The van der Waals surface area contributed by atoms with Crippen molar-refractivity contribution in [3.63, 3.8) is 0 Å². The van der Waals surface area contributed by atoms with Gasteiger partial charge in [-0.1, -0.05) is 18.2 Å². The number of methoxy groups -OCH3 is 1. The molecular formula is C24H27N3O4. The summed E-state index contributed by atoms with van der Waals surface area (Å²) in [5, 5.41) is 3.77. The van der Waals surface area contributed by atoms with Crippen molar-refractivity contribution in [2.24, 2.45) is 0 Å². The summed E-state index contributed by atoms with van der Waals surface area (Å²) in [7, 11) is 3.41. The first-order chi connectivity index (χ1) is 14.9. The Hall–Kier alpha value is -3.45. The maximum Gasteiger partial charge on any atom is 0.340 e. The second kappa shape index (κ2) is 10.0. The molecule has 7 heteroatoms. The summed E-state index contributed by atoms with van der Waals surface area (Å²) in [6.45, 7) is 4.43. The van der Waals surface area contributed by atoms with Crippen LogP contribution in [0.4, 0.5) is 5.69 Å². The molecule has 0 aliphatic rings. The molecular weight excluding hydrogens is 394 g/mol. The van der Waals surface area contributed by atoms with E-state index in [9.17, 15) is 9.59 Å². The van der Waals surface area contributed by atoms with E-state index < -0.39 is 5.97 Å². The molecule has 1 aromatic heterocycles. The number of aromatic nitrogens is 1. The normalized spacial score (nSPS) is 10.9. The number of fused-ring (bicyclic) bond motifs is 1. The van der Waals surface area contributed by atoms with Crippen molar-refractivity contribution in [2.75, 3.05) is 32.6 Å². The van der Waals surface area contributed by atoms with E-state index in [1.807, 2.05) is 43.1 Å². The molecule has 7 nitrogen and oxygen atoms in total. The van der Waals surface area contributed by atoms with Gasteiger partial charge in [0.2, 0.25) is 5.91 Å². The van der Waals surface area contributed by atoms with Gasteiger partial charge in [-0.3, -0.25) is 14.7 Å². The first-order valence-electron chi connectivity index (χ1n) is 10.1. The molecule has 31 heavy (non-hydrogen) atoms. The first-order valence-corrected chi connectivity index (χ1v) is 10.1. The highest BCUT2D eigenvalue weighted by Crippen LogP contribution is 2.24. The fourth-order valence-electron chi connectivity index (χ4n) is 3.46. The minimum atomic E-state index is -0.399. The third kappa shape index (κ3) is 5.38. The van der Waals surface area contributed by atoms with Gasteiger partial charge in [0, 0.05) is 17.6 Å². The summed E-state index contributed by atoms with van der Waals surface area (Å²) in [6, 6.07) is 14.8. The van der Waals surface area contributed by atoms with Crippen molar-refractivity contribution >= 4 is 28.5 Å². The summed E-state index contributed by atoms with van der Waals surface area (Å²) >= 11 is 0. The molecule has 0 saturated heterocycles. The van der Waals surface area contributed by atoms with Gasteiger partial charge in [-0.2, -0.15) is 0 Å². The molecule has 0 bridgehead atoms. The molecule has 0 unspecified atom stereocenters. The second-order valence-electron chi connectivity index (χ2n) is 7.25. The third-order valence-electron chi connectivity index (χ3n) is 4.91. The minimum Gasteiger partial charge on any atom is -0.497 e. The molecule has 0 aliphatic heterocycles. The summed E-state index contributed by atoms with van der Waals surface area (Å²) in [6.07, 6.45) is 0. The Kier molecular flexibility index (Phi) is 7.20. The predicted molar refractivity (Wildman–Crippen MR) is 120 cm³/mol. The SMILES string of the molecule is CCOC(=O)c1c(CN(C)CC(=O)Nc2ccc(OC)cc2)nc2ccccc2c1C. The highest BCUT2D eigenvalue weighted by Gasteiger charge is 2.21. The van der Waals surface area contributed by atoms with Gasteiger partial charge in [0.05, 0.1) is 37.0 Å². The van der Waals surface area contributed by atoms with Gasteiger partial charge in [0.25, 0.3) is 0 Å². The molecule has 3 aromatic rings. The Morgan fingerprint density at radius 2 is 1.81 bits per heavy atom. The lowest BCUT2D eigenvalue weighted by atomic mass is 10.0. The van der Waals surface area contributed by atoms with Crippen molar-refractivity contribution < 1.29 is 19.1 Å². The van der Waals surface area contributed by atoms with E-state index in [-0.39, 0.29) is 19.1 Å². The number of benzene rings is 2. The molecule has 1 heterocycles. The number of rotatable bonds is 8. The zero-order valence-electron chi connectivity index (χ0n) is 18.3. The third-order valence-corrected chi connectivity index (χ3v) is 4.91. The largest absolute Gasteiger partial charge is 0.497 e. The van der Waals surface area contributed by atoms with Gasteiger partial charge in [-0.25, -0.2) is 4.79 Å². The smallest absolute Gasteiger partial charge is 0.340 e. The zero-order valence-corrected chi connectivity index (χ0v) is 18.3.